The van der Waals surface area contributed by atoms with E-state index in [2.05, 4.69) is 33.0 Å². The van der Waals surface area contributed by atoms with E-state index in [0.29, 0.717) is 17.8 Å². The van der Waals surface area contributed by atoms with E-state index in [1.807, 2.05) is 43.5 Å². The maximum absolute atomic E-state index is 9.49. The minimum atomic E-state index is 0. The highest BCUT2D eigenvalue weighted by Crippen LogP contribution is 2.21. The van der Waals surface area contributed by atoms with Crippen molar-refractivity contribution < 1.29 is 0 Å². The zero-order valence-corrected chi connectivity index (χ0v) is 19.5. The molecule has 0 saturated heterocycles. The van der Waals surface area contributed by atoms with Crippen LogP contribution < -0.4 is 11.1 Å². The van der Waals surface area contributed by atoms with Crippen molar-refractivity contribution in [2.45, 2.75) is 25.7 Å². The first-order valence-corrected chi connectivity index (χ1v) is 9.48. The molecule has 0 spiro atoms. The van der Waals surface area contributed by atoms with Crippen LogP contribution in [-0.2, 0) is 6.42 Å². The summed E-state index contributed by atoms with van der Waals surface area (Å²) in [7, 11) is 3.80. The Morgan fingerprint density at radius 1 is 1.38 bits per heavy atom. The molecular formula is C21H30IN7. The minimum Gasteiger partial charge on any atom is -0.382 e. The molecule has 156 valence electrons. The van der Waals surface area contributed by atoms with Crippen LogP contribution in [-0.4, -0.2) is 47.8 Å². The Hall–Kier alpha value is -2.54. The van der Waals surface area contributed by atoms with Crippen molar-refractivity contribution in [2.75, 3.05) is 32.9 Å². The fourth-order valence-corrected chi connectivity index (χ4v) is 2.96. The number of benzene rings is 1. The van der Waals surface area contributed by atoms with Gasteiger partial charge in [0, 0.05) is 27.2 Å². The van der Waals surface area contributed by atoms with Gasteiger partial charge in [-0.05, 0) is 37.8 Å². The second-order valence-electron chi connectivity index (χ2n) is 6.50. The number of nitrogens with one attached hydrogen (secondary N) is 1. The van der Waals surface area contributed by atoms with E-state index in [-0.39, 0.29) is 24.0 Å². The van der Waals surface area contributed by atoms with Gasteiger partial charge in [0.2, 0.25) is 0 Å². The molecule has 0 aliphatic rings. The average Bonchev–Trinajstić information content (AvgIpc) is 3.04. The van der Waals surface area contributed by atoms with E-state index in [0.717, 1.165) is 49.7 Å². The number of aromatic nitrogens is 2. The van der Waals surface area contributed by atoms with Gasteiger partial charge in [0.15, 0.2) is 5.96 Å². The lowest BCUT2D eigenvalue weighted by Crippen LogP contribution is -2.39. The highest BCUT2D eigenvalue weighted by molar-refractivity contribution is 14.0. The molecule has 0 radical (unpaired) electrons. The number of guanidine groups is 1. The maximum Gasteiger partial charge on any atom is 0.193 e. The molecule has 0 fully saturated rings. The summed E-state index contributed by atoms with van der Waals surface area (Å²) in [5.41, 5.74) is 8.17. The molecule has 1 aromatic heterocycles. The van der Waals surface area contributed by atoms with Crippen molar-refractivity contribution >= 4 is 35.8 Å². The van der Waals surface area contributed by atoms with Crippen LogP contribution in [0.4, 0.5) is 5.82 Å². The summed E-state index contributed by atoms with van der Waals surface area (Å²) in [6.07, 6.45) is 5.44. The Morgan fingerprint density at radius 2 is 2.10 bits per heavy atom. The maximum atomic E-state index is 9.49. The van der Waals surface area contributed by atoms with Crippen molar-refractivity contribution in [1.29, 1.82) is 5.26 Å². The molecule has 0 aliphatic heterocycles. The lowest BCUT2D eigenvalue weighted by atomic mass is 10.1. The van der Waals surface area contributed by atoms with E-state index in [1.165, 1.54) is 0 Å². The number of halogens is 1. The molecule has 0 atom stereocenters. The molecule has 7 nitrogen and oxygen atoms in total. The van der Waals surface area contributed by atoms with Crippen LogP contribution in [0.25, 0.3) is 5.69 Å². The number of hydrogen-bond donors (Lipinski definition) is 2. The van der Waals surface area contributed by atoms with Crippen molar-refractivity contribution in [3.8, 4) is 11.8 Å². The number of para-hydroxylation sites is 1. The molecule has 0 amide bonds. The molecule has 8 heteroatoms. The Labute approximate surface area is 190 Å². The van der Waals surface area contributed by atoms with Crippen molar-refractivity contribution in [3.05, 3.63) is 54.2 Å². The largest absolute Gasteiger partial charge is 0.382 e. The molecule has 2 rings (SSSR count). The Morgan fingerprint density at radius 3 is 2.72 bits per heavy atom. The van der Waals surface area contributed by atoms with Crippen molar-refractivity contribution in [1.82, 2.24) is 20.0 Å². The number of aryl methyl sites for hydroxylation is 1. The van der Waals surface area contributed by atoms with Gasteiger partial charge in [-0.15, -0.1) is 30.6 Å². The number of nitriles is 1. The first-order valence-electron chi connectivity index (χ1n) is 9.48. The number of nitrogens with zero attached hydrogens (tertiary/aromatic N) is 5. The first-order chi connectivity index (χ1) is 13.6. The van der Waals surface area contributed by atoms with Gasteiger partial charge in [-0.25, -0.2) is 4.68 Å². The minimum absolute atomic E-state index is 0. The topological polar surface area (TPSA) is 95.3 Å². The van der Waals surface area contributed by atoms with E-state index >= 15 is 0 Å². The first kappa shape index (κ1) is 24.5. The van der Waals surface area contributed by atoms with Crippen LogP contribution in [0.1, 0.15) is 30.5 Å². The number of nitrogens with two attached hydrogens (primary N) is 1. The fourth-order valence-electron chi connectivity index (χ4n) is 2.96. The monoisotopic (exact) mass is 507 g/mol. The molecule has 2 aromatic rings. The molecular weight excluding hydrogens is 477 g/mol. The number of hydrogen-bond acceptors (Lipinski definition) is 4. The van der Waals surface area contributed by atoms with Gasteiger partial charge in [-0.1, -0.05) is 24.3 Å². The van der Waals surface area contributed by atoms with Crippen molar-refractivity contribution in [3.63, 3.8) is 0 Å². The summed E-state index contributed by atoms with van der Waals surface area (Å²) in [6.45, 7) is 5.41. The smallest absolute Gasteiger partial charge is 0.193 e. The third kappa shape index (κ3) is 6.78. The average molecular weight is 507 g/mol. The van der Waals surface area contributed by atoms with E-state index < -0.39 is 0 Å². The molecule has 0 bridgehead atoms. The van der Waals surface area contributed by atoms with Crippen LogP contribution in [0.2, 0.25) is 0 Å². The van der Waals surface area contributed by atoms with Crippen LogP contribution in [0.3, 0.4) is 0 Å². The summed E-state index contributed by atoms with van der Waals surface area (Å²) in [5.74, 6) is 1.24. The zero-order chi connectivity index (χ0) is 20.4. The molecule has 1 heterocycles. The van der Waals surface area contributed by atoms with Gasteiger partial charge in [0.1, 0.15) is 17.5 Å². The van der Waals surface area contributed by atoms with Crippen LogP contribution in [0, 0.1) is 11.3 Å². The standard InChI is InChI=1S/C21H29N7.HI/c1-4-5-9-15-27(3)21(24-2)25-14-10-13-19-18(16-22)20(23)28(26-19)17-11-7-6-8-12-17;/h4,6-8,11-12H,1,5,9-10,13-15,23H2,2-3H3,(H,24,25);1H. The van der Waals surface area contributed by atoms with Crippen LogP contribution in [0.15, 0.2) is 48.0 Å². The second kappa shape index (κ2) is 12.8. The zero-order valence-electron chi connectivity index (χ0n) is 17.1. The number of aliphatic imine (C=N–C) groups is 1. The molecule has 0 unspecified atom stereocenters. The van der Waals surface area contributed by atoms with Crippen LogP contribution in [0.5, 0.6) is 0 Å². The fraction of sp³-hybridized carbons (Fsp3) is 0.381. The highest BCUT2D eigenvalue weighted by atomic mass is 127. The lowest BCUT2D eigenvalue weighted by Gasteiger charge is -2.21. The summed E-state index contributed by atoms with van der Waals surface area (Å²) in [5, 5.41) is 17.4. The number of nitrogen functional groups attached to an aromatic ring is 1. The molecule has 0 aliphatic carbocycles. The summed E-state index contributed by atoms with van der Waals surface area (Å²) >= 11 is 0. The van der Waals surface area contributed by atoms with E-state index in [1.54, 1.807) is 11.7 Å². The molecule has 3 N–H and O–H groups in total. The molecule has 29 heavy (non-hydrogen) atoms. The number of rotatable bonds is 9. The predicted octanol–water partition coefficient (Wildman–Crippen LogP) is 3.35. The third-order valence-electron chi connectivity index (χ3n) is 4.45. The van der Waals surface area contributed by atoms with Gasteiger partial charge in [-0.2, -0.15) is 10.4 Å². The number of unbranched alkanes of at least 4 members (excludes halogenated alkanes) is 1. The van der Waals surface area contributed by atoms with Gasteiger partial charge in [0.25, 0.3) is 0 Å². The van der Waals surface area contributed by atoms with Gasteiger partial charge in [0.05, 0.1) is 11.4 Å². The van der Waals surface area contributed by atoms with Gasteiger partial charge >= 0.3 is 0 Å². The lowest BCUT2D eigenvalue weighted by molar-refractivity contribution is 0.469. The Balaban J connectivity index is 0.00000420. The third-order valence-corrected chi connectivity index (χ3v) is 4.45. The normalized spacial score (nSPS) is 10.7. The Bertz CT molecular complexity index is 837. The second-order valence-corrected chi connectivity index (χ2v) is 6.50. The highest BCUT2D eigenvalue weighted by Gasteiger charge is 2.16. The molecule has 1 aromatic carbocycles. The number of anilines is 1. The summed E-state index contributed by atoms with van der Waals surface area (Å²) in [4.78, 5) is 6.42. The van der Waals surface area contributed by atoms with Gasteiger partial charge in [-0.3, -0.25) is 4.99 Å². The Kier molecular flexibility index (Phi) is 10.8. The summed E-state index contributed by atoms with van der Waals surface area (Å²) in [6, 6.07) is 11.8. The van der Waals surface area contributed by atoms with E-state index in [9.17, 15) is 5.26 Å². The molecule has 0 saturated carbocycles. The predicted molar refractivity (Wildman–Crippen MR) is 130 cm³/mol. The SMILES string of the molecule is C=CCCCN(C)C(=NC)NCCCc1nn(-c2ccccc2)c(N)c1C#N.I. The van der Waals surface area contributed by atoms with Crippen molar-refractivity contribution in [2.24, 2.45) is 4.99 Å². The van der Waals surface area contributed by atoms with E-state index in [4.69, 9.17) is 5.73 Å². The van der Waals surface area contributed by atoms with Crippen LogP contribution >= 0.6 is 24.0 Å². The number of allylic oxidation sites excluding steroid dienone is 1. The quantitative estimate of drug-likeness (QED) is 0.179. The summed E-state index contributed by atoms with van der Waals surface area (Å²) < 4.78 is 1.63. The van der Waals surface area contributed by atoms with Gasteiger partial charge < -0.3 is 16.0 Å².